The fourth-order valence-corrected chi connectivity index (χ4v) is 17.1. The molecule has 5 heteroatoms. The van der Waals surface area contributed by atoms with Gasteiger partial charge in [-0.05, 0) is 169 Å². The molecule has 3 heterocycles. The van der Waals surface area contributed by atoms with Crippen molar-refractivity contribution in [1.29, 1.82) is 0 Å². The van der Waals surface area contributed by atoms with Gasteiger partial charge >= 0.3 is 0 Å². The second kappa shape index (κ2) is 16.1. The van der Waals surface area contributed by atoms with Gasteiger partial charge in [-0.2, -0.15) is 0 Å². The van der Waals surface area contributed by atoms with E-state index < -0.39 is 0 Å². The molecule has 0 amide bonds. The van der Waals surface area contributed by atoms with Crippen molar-refractivity contribution in [2.45, 2.75) is 195 Å². The number of para-hydroxylation sites is 2. The molecule has 7 aliphatic carbocycles. The van der Waals surface area contributed by atoms with Gasteiger partial charge in [0.2, 0.25) is 0 Å². The van der Waals surface area contributed by atoms with Crippen LogP contribution in [-0.4, -0.2) is 63.2 Å². The van der Waals surface area contributed by atoms with Crippen LogP contribution in [0.3, 0.4) is 0 Å². The molecule has 10 aliphatic rings. The summed E-state index contributed by atoms with van der Waals surface area (Å²) in [5.41, 5.74) is 8.01. The molecule has 324 valence electrons. The number of hydrogen-bond donors (Lipinski definition) is 0. The molecule has 5 fully saturated rings. The lowest BCUT2D eigenvalue weighted by Gasteiger charge is -2.67. The molecule has 10 unspecified atom stereocenters. The van der Waals surface area contributed by atoms with E-state index in [2.05, 4.69) is 149 Å². The van der Waals surface area contributed by atoms with Gasteiger partial charge in [0.15, 0.2) is 6.71 Å². The van der Waals surface area contributed by atoms with Gasteiger partial charge in [-0.1, -0.05) is 104 Å². The van der Waals surface area contributed by atoms with Crippen LogP contribution in [0.2, 0.25) is 17.5 Å². The standard InChI is InChI=1S/C57H73BN4/c1-56(2)57(36-19-8-20-37-57)48-38-47(60(43-26-13-5-14-27-43)44-28-15-6-16-29-44)39-50-55(48)62(56)52-33-21-32-51-54(52)58(50)49-35-34-46(40-53(49)61(51)45-30-17-7-18-31-45)59(41-22-9-3-10-23-41)42-24-11-4-12-25-42/h3-5,9-13,15,17,22-25,28,30-31,34,39,43-44,48-55H,6-8,14,16,18-21,26-27,29,32-33,35-38,40H2,1-2H3. The van der Waals surface area contributed by atoms with Gasteiger partial charge in [-0.15, -0.1) is 0 Å². The van der Waals surface area contributed by atoms with Gasteiger partial charge in [-0.3, -0.25) is 4.90 Å². The van der Waals surface area contributed by atoms with E-state index in [1.54, 1.807) is 11.4 Å². The van der Waals surface area contributed by atoms with Crippen molar-refractivity contribution in [2.24, 2.45) is 11.3 Å². The van der Waals surface area contributed by atoms with Crippen molar-refractivity contribution in [3.8, 4) is 0 Å². The number of rotatable bonds is 7. The van der Waals surface area contributed by atoms with Crippen LogP contribution >= 0.6 is 0 Å². The first-order chi connectivity index (χ1) is 30.5. The highest BCUT2D eigenvalue weighted by Crippen LogP contribution is 2.71. The van der Waals surface area contributed by atoms with Crippen LogP contribution in [0, 0.1) is 11.3 Å². The molecule has 3 saturated heterocycles. The summed E-state index contributed by atoms with van der Waals surface area (Å²) < 4.78 is 0. The van der Waals surface area contributed by atoms with Gasteiger partial charge in [-0.25, -0.2) is 0 Å². The third-order valence-electron chi connectivity index (χ3n) is 19.3. The van der Waals surface area contributed by atoms with Crippen LogP contribution in [0.1, 0.15) is 136 Å². The van der Waals surface area contributed by atoms with E-state index in [4.69, 9.17) is 0 Å². The molecule has 1 spiro atoms. The highest BCUT2D eigenvalue weighted by atomic mass is 15.3. The maximum absolute atomic E-state index is 3.35. The van der Waals surface area contributed by atoms with Crippen LogP contribution < -0.4 is 4.90 Å². The van der Waals surface area contributed by atoms with Crippen molar-refractivity contribution < 1.29 is 0 Å². The topological polar surface area (TPSA) is 13.0 Å². The Kier molecular flexibility index (Phi) is 10.3. The van der Waals surface area contributed by atoms with Crippen molar-refractivity contribution >= 4 is 18.1 Å². The minimum absolute atomic E-state index is 0.210. The molecular weight excluding hydrogens is 751 g/mol. The van der Waals surface area contributed by atoms with E-state index in [0.717, 1.165) is 12.3 Å². The van der Waals surface area contributed by atoms with Gasteiger partial charge < -0.3 is 14.7 Å². The van der Waals surface area contributed by atoms with E-state index >= 15 is 0 Å². The van der Waals surface area contributed by atoms with E-state index in [1.165, 1.54) is 133 Å². The number of nitrogens with zero attached hydrogens (tertiary/aromatic N) is 4. The average Bonchev–Trinajstić information content (AvgIpc) is 3.51. The molecule has 4 nitrogen and oxygen atoms in total. The Hall–Kier alpha value is -3.70. The Morgan fingerprint density at radius 2 is 1.45 bits per heavy atom. The van der Waals surface area contributed by atoms with Gasteiger partial charge in [0.25, 0.3) is 0 Å². The zero-order valence-corrected chi connectivity index (χ0v) is 38.0. The van der Waals surface area contributed by atoms with E-state index in [0.29, 0.717) is 65.8 Å². The zero-order valence-electron chi connectivity index (χ0n) is 38.0. The largest absolute Gasteiger partial charge is 0.366 e. The third kappa shape index (κ3) is 6.23. The van der Waals surface area contributed by atoms with Crippen LogP contribution in [0.25, 0.3) is 0 Å². The molecule has 2 aromatic carbocycles. The SMILES string of the molecule is CC1(C)N2C3CCCC4C3B(C3C=C(N(C5C=CCCC5)C5CC=CCC5)CC(C32)C12CCCCC2)C1CC=C(N(c2ccccc2)c2ccccc2)CC1N4C1=CCCC=C1. The predicted molar refractivity (Wildman–Crippen MR) is 260 cm³/mol. The quantitative estimate of drug-likeness (QED) is 0.204. The van der Waals surface area contributed by atoms with E-state index in [1.807, 2.05) is 0 Å². The monoisotopic (exact) mass is 825 g/mol. The molecule has 10 atom stereocenters. The summed E-state index contributed by atoms with van der Waals surface area (Å²) in [7, 11) is 0. The second-order valence-corrected chi connectivity index (χ2v) is 22.1. The lowest BCUT2D eigenvalue weighted by molar-refractivity contribution is -0.0369. The molecular formula is C57H73BN4. The first-order valence-corrected chi connectivity index (χ1v) is 25.9. The predicted octanol–water partition coefficient (Wildman–Crippen LogP) is 13.8. The summed E-state index contributed by atoms with van der Waals surface area (Å²) in [4.78, 5) is 12.2. The molecule has 12 rings (SSSR count). The van der Waals surface area contributed by atoms with Crippen molar-refractivity contribution in [2.75, 3.05) is 4.90 Å². The number of anilines is 2. The molecule has 2 aromatic rings. The maximum Gasteiger partial charge on any atom is 0.162 e. The van der Waals surface area contributed by atoms with Crippen molar-refractivity contribution in [1.82, 2.24) is 14.7 Å². The fourth-order valence-electron chi connectivity index (χ4n) is 17.1. The normalized spacial score (nSPS) is 36.5. The third-order valence-corrected chi connectivity index (χ3v) is 19.3. The molecule has 3 aliphatic heterocycles. The number of hydrogen-bond acceptors (Lipinski definition) is 4. The van der Waals surface area contributed by atoms with Crippen LogP contribution in [0.4, 0.5) is 11.4 Å². The van der Waals surface area contributed by atoms with Gasteiger partial charge in [0.1, 0.15) is 0 Å². The second-order valence-electron chi connectivity index (χ2n) is 22.1. The van der Waals surface area contributed by atoms with Crippen LogP contribution in [0.15, 0.2) is 132 Å². The lowest BCUT2D eigenvalue weighted by atomic mass is 9.19. The smallest absolute Gasteiger partial charge is 0.162 e. The Bertz CT molecular complexity index is 2100. The summed E-state index contributed by atoms with van der Waals surface area (Å²) >= 11 is 0. The Balaban J connectivity index is 1.04. The highest BCUT2D eigenvalue weighted by Gasteiger charge is 2.73. The van der Waals surface area contributed by atoms with Crippen LogP contribution in [0.5, 0.6) is 0 Å². The molecule has 0 aromatic heterocycles. The molecule has 62 heavy (non-hydrogen) atoms. The summed E-state index contributed by atoms with van der Waals surface area (Å²) in [5.74, 6) is 2.70. The number of allylic oxidation sites excluding steroid dienone is 7. The highest BCUT2D eigenvalue weighted by molar-refractivity contribution is 6.66. The fraction of sp³-hybridized carbons (Fsp3) is 0.579. The number of fused-ring (bicyclic) bond motifs is 5. The average molecular weight is 825 g/mol. The molecule has 0 N–H and O–H groups in total. The van der Waals surface area contributed by atoms with Crippen molar-refractivity contribution in [3.05, 3.63) is 132 Å². The first-order valence-electron chi connectivity index (χ1n) is 25.9. The van der Waals surface area contributed by atoms with E-state index in [9.17, 15) is 0 Å². The number of benzene rings is 2. The Labute approximate surface area is 375 Å². The molecule has 0 bridgehead atoms. The summed E-state index contributed by atoms with van der Waals surface area (Å²) in [6.07, 6.45) is 48.6. The van der Waals surface area contributed by atoms with Gasteiger partial charge in [0.05, 0.1) is 0 Å². The van der Waals surface area contributed by atoms with Crippen molar-refractivity contribution in [3.63, 3.8) is 0 Å². The lowest BCUT2D eigenvalue weighted by Crippen LogP contribution is -2.72. The zero-order chi connectivity index (χ0) is 41.4. The van der Waals surface area contributed by atoms with Gasteiger partial charge in [0, 0.05) is 76.7 Å². The first kappa shape index (κ1) is 39.9. The summed E-state index contributed by atoms with van der Waals surface area (Å²) in [6, 6.07) is 26.2. The Morgan fingerprint density at radius 1 is 0.661 bits per heavy atom. The minimum atomic E-state index is 0.210. The Morgan fingerprint density at radius 3 is 2.16 bits per heavy atom. The summed E-state index contributed by atoms with van der Waals surface area (Å²) in [5, 5.41) is 0. The molecule has 0 radical (unpaired) electrons. The minimum Gasteiger partial charge on any atom is -0.366 e. The van der Waals surface area contributed by atoms with Crippen LogP contribution in [-0.2, 0) is 0 Å². The maximum atomic E-state index is 3.35. The van der Waals surface area contributed by atoms with E-state index in [-0.39, 0.29) is 5.54 Å². The summed E-state index contributed by atoms with van der Waals surface area (Å²) in [6.45, 7) is 6.29. The molecule has 2 saturated carbocycles.